The summed E-state index contributed by atoms with van der Waals surface area (Å²) in [6.07, 6.45) is 1.27. The van der Waals surface area contributed by atoms with Crippen molar-refractivity contribution in [1.82, 2.24) is 9.80 Å². The number of amides is 2. The lowest BCUT2D eigenvalue weighted by Gasteiger charge is -2.37. The van der Waals surface area contributed by atoms with Gasteiger partial charge in [0.2, 0.25) is 0 Å². The highest BCUT2D eigenvalue weighted by molar-refractivity contribution is 14.1. The zero-order valence-corrected chi connectivity index (χ0v) is 16.9. The molecule has 0 radical (unpaired) electrons. The van der Waals surface area contributed by atoms with E-state index in [-0.39, 0.29) is 18.0 Å². The predicted octanol–water partition coefficient (Wildman–Crippen LogP) is 3.76. The number of halogens is 1. The Morgan fingerprint density at radius 1 is 1.21 bits per heavy atom. The summed E-state index contributed by atoms with van der Waals surface area (Å²) in [5.41, 5.74) is 0.250. The molecule has 0 bridgehead atoms. The smallest absolute Gasteiger partial charge is 0.410 e. The normalized spacial score (nSPS) is 16.0. The predicted molar refractivity (Wildman–Crippen MR) is 102 cm³/mol. The molecule has 0 unspecified atom stereocenters. The van der Waals surface area contributed by atoms with Crippen LogP contribution in [0.1, 0.15) is 44.0 Å². The van der Waals surface area contributed by atoms with E-state index < -0.39 is 5.60 Å². The van der Waals surface area contributed by atoms with Gasteiger partial charge in [-0.2, -0.15) is 0 Å². The van der Waals surface area contributed by atoms with Crippen molar-refractivity contribution in [3.8, 4) is 0 Å². The lowest BCUT2D eigenvalue weighted by molar-refractivity contribution is 0.0160. The minimum atomic E-state index is -0.481. The molecule has 0 aliphatic carbocycles. The molecule has 0 atom stereocenters. The summed E-state index contributed by atoms with van der Waals surface area (Å²) in [5.74, 6) is 0.0377. The molecule has 5 nitrogen and oxygen atoms in total. The molecule has 1 aliphatic rings. The summed E-state index contributed by atoms with van der Waals surface area (Å²) in [6.45, 7) is 6.83. The van der Waals surface area contributed by atoms with Gasteiger partial charge in [-0.05, 0) is 68.3 Å². The molecule has 2 rings (SSSR count). The quantitative estimate of drug-likeness (QED) is 0.653. The van der Waals surface area contributed by atoms with Crippen molar-refractivity contribution in [3.63, 3.8) is 0 Å². The van der Waals surface area contributed by atoms with E-state index in [1.807, 2.05) is 57.0 Å². The van der Waals surface area contributed by atoms with E-state index in [1.54, 1.807) is 4.90 Å². The Bertz CT molecular complexity index is 605. The molecule has 6 heteroatoms. The number of nitrogens with zero attached hydrogens (tertiary/aromatic N) is 2. The van der Waals surface area contributed by atoms with Gasteiger partial charge < -0.3 is 14.5 Å². The Balaban J connectivity index is 1.93. The number of rotatable bonds is 2. The number of piperidine rings is 1. The molecular formula is C18H25IN2O3. The van der Waals surface area contributed by atoms with Crippen molar-refractivity contribution < 1.29 is 14.3 Å². The van der Waals surface area contributed by atoms with Gasteiger partial charge in [-0.3, -0.25) is 4.79 Å². The van der Waals surface area contributed by atoms with Crippen LogP contribution in [0.3, 0.4) is 0 Å². The maximum Gasteiger partial charge on any atom is 0.410 e. The van der Waals surface area contributed by atoms with Gasteiger partial charge in [-0.1, -0.05) is 12.1 Å². The second-order valence-corrected chi connectivity index (χ2v) is 8.26. The van der Waals surface area contributed by atoms with Crippen LogP contribution in [0.5, 0.6) is 0 Å². The van der Waals surface area contributed by atoms with Crippen molar-refractivity contribution in [2.75, 3.05) is 20.1 Å². The molecule has 132 valence electrons. The van der Waals surface area contributed by atoms with Gasteiger partial charge >= 0.3 is 6.09 Å². The molecule has 0 spiro atoms. The van der Waals surface area contributed by atoms with Crippen molar-refractivity contribution in [1.29, 1.82) is 0 Å². The molecule has 1 saturated heterocycles. The van der Waals surface area contributed by atoms with Crippen LogP contribution in [0.2, 0.25) is 0 Å². The van der Waals surface area contributed by atoms with Crippen LogP contribution in [-0.4, -0.2) is 53.6 Å². The lowest BCUT2D eigenvalue weighted by Crippen LogP contribution is -2.48. The van der Waals surface area contributed by atoms with E-state index in [9.17, 15) is 9.59 Å². The minimum absolute atomic E-state index is 0.0377. The van der Waals surface area contributed by atoms with Crippen LogP contribution < -0.4 is 0 Å². The molecule has 2 amide bonds. The van der Waals surface area contributed by atoms with Crippen molar-refractivity contribution >= 4 is 34.6 Å². The fraction of sp³-hybridized carbons (Fsp3) is 0.556. The van der Waals surface area contributed by atoms with Crippen LogP contribution in [0.4, 0.5) is 4.79 Å². The molecule has 1 fully saturated rings. The molecule has 1 heterocycles. The van der Waals surface area contributed by atoms with Crippen molar-refractivity contribution in [2.45, 2.75) is 45.3 Å². The van der Waals surface area contributed by atoms with E-state index >= 15 is 0 Å². The highest BCUT2D eigenvalue weighted by Gasteiger charge is 2.30. The minimum Gasteiger partial charge on any atom is -0.444 e. The van der Waals surface area contributed by atoms with Crippen molar-refractivity contribution in [3.05, 3.63) is 33.4 Å². The summed E-state index contributed by atoms with van der Waals surface area (Å²) in [6, 6.07) is 7.75. The number of carbonyl (C=O) groups is 2. The van der Waals surface area contributed by atoms with Gasteiger partial charge in [0.25, 0.3) is 5.91 Å². The Morgan fingerprint density at radius 3 is 2.33 bits per heavy atom. The SMILES string of the molecule is CN(C(=O)c1ccccc1I)C1CCN(C(=O)OC(C)(C)C)CC1. The Labute approximate surface area is 157 Å². The monoisotopic (exact) mass is 444 g/mol. The Morgan fingerprint density at radius 2 is 1.79 bits per heavy atom. The van der Waals surface area contributed by atoms with Crippen LogP contribution in [0.25, 0.3) is 0 Å². The van der Waals surface area contributed by atoms with Gasteiger partial charge in [0, 0.05) is 29.7 Å². The zero-order valence-electron chi connectivity index (χ0n) is 14.7. The molecule has 1 aromatic rings. The van der Waals surface area contributed by atoms with Gasteiger partial charge in [-0.25, -0.2) is 4.79 Å². The van der Waals surface area contributed by atoms with Gasteiger partial charge in [0.05, 0.1) is 5.56 Å². The van der Waals surface area contributed by atoms with E-state index in [2.05, 4.69) is 22.6 Å². The average Bonchev–Trinajstić information content (AvgIpc) is 2.52. The second-order valence-electron chi connectivity index (χ2n) is 7.09. The topological polar surface area (TPSA) is 49.9 Å². The molecule has 1 aliphatic heterocycles. The van der Waals surface area contributed by atoms with E-state index in [1.165, 1.54) is 0 Å². The summed E-state index contributed by atoms with van der Waals surface area (Å²) in [4.78, 5) is 28.3. The van der Waals surface area contributed by atoms with Crippen LogP contribution >= 0.6 is 22.6 Å². The maximum atomic E-state index is 12.7. The number of carbonyl (C=O) groups excluding carboxylic acids is 2. The zero-order chi connectivity index (χ0) is 17.9. The molecule has 1 aromatic carbocycles. The van der Waals surface area contributed by atoms with Gasteiger partial charge in [0.15, 0.2) is 0 Å². The standard InChI is InChI=1S/C18H25IN2O3/c1-18(2,3)24-17(23)21-11-9-13(10-12-21)20(4)16(22)14-7-5-6-8-15(14)19/h5-8,13H,9-12H2,1-4H3. The first-order valence-corrected chi connectivity index (χ1v) is 9.26. The van der Waals surface area contributed by atoms with E-state index in [4.69, 9.17) is 4.74 Å². The first-order chi connectivity index (χ1) is 11.2. The summed E-state index contributed by atoms with van der Waals surface area (Å²) >= 11 is 2.19. The molecule has 0 aromatic heterocycles. The van der Waals surface area contributed by atoms with Gasteiger partial charge in [0.1, 0.15) is 5.60 Å². The fourth-order valence-electron chi connectivity index (χ4n) is 2.75. The molecular weight excluding hydrogens is 419 g/mol. The van der Waals surface area contributed by atoms with Crippen LogP contribution in [-0.2, 0) is 4.74 Å². The highest BCUT2D eigenvalue weighted by Crippen LogP contribution is 2.21. The van der Waals surface area contributed by atoms with Gasteiger partial charge in [-0.15, -0.1) is 0 Å². The lowest BCUT2D eigenvalue weighted by atomic mass is 10.0. The molecule has 0 saturated carbocycles. The molecule has 24 heavy (non-hydrogen) atoms. The van der Waals surface area contributed by atoms with E-state index in [0.29, 0.717) is 13.1 Å². The number of ether oxygens (including phenoxy) is 1. The van der Waals surface area contributed by atoms with E-state index in [0.717, 1.165) is 22.0 Å². The largest absolute Gasteiger partial charge is 0.444 e. The summed E-state index contributed by atoms with van der Waals surface area (Å²) in [5, 5.41) is 0. The second kappa shape index (κ2) is 7.72. The average molecular weight is 444 g/mol. The third-order valence-corrected chi connectivity index (χ3v) is 5.03. The number of hydrogen-bond acceptors (Lipinski definition) is 3. The number of hydrogen-bond donors (Lipinski definition) is 0. The number of benzene rings is 1. The van der Waals surface area contributed by atoms with Crippen LogP contribution in [0.15, 0.2) is 24.3 Å². The Hall–Kier alpha value is -1.31. The first-order valence-electron chi connectivity index (χ1n) is 8.18. The maximum absolute atomic E-state index is 12.7. The van der Waals surface area contributed by atoms with Crippen molar-refractivity contribution in [2.24, 2.45) is 0 Å². The summed E-state index contributed by atoms with van der Waals surface area (Å²) < 4.78 is 6.37. The number of likely N-dealkylation sites (tertiary alicyclic amines) is 1. The fourth-order valence-corrected chi connectivity index (χ4v) is 3.37. The third-order valence-electron chi connectivity index (χ3n) is 4.09. The third kappa shape index (κ3) is 4.84. The Kier molecular flexibility index (Phi) is 6.11. The molecule has 0 N–H and O–H groups in total. The summed E-state index contributed by atoms with van der Waals surface area (Å²) in [7, 11) is 1.85. The first kappa shape index (κ1) is 19.0. The highest BCUT2D eigenvalue weighted by atomic mass is 127. The van der Waals surface area contributed by atoms with Crippen LogP contribution in [0, 0.1) is 3.57 Å².